The zero-order valence-corrected chi connectivity index (χ0v) is 15.5. The van der Waals surface area contributed by atoms with Gasteiger partial charge in [-0.3, -0.25) is 9.79 Å². The summed E-state index contributed by atoms with van der Waals surface area (Å²) in [6.45, 7) is 10.6. The monoisotopic (exact) mass is 346 g/mol. The van der Waals surface area contributed by atoms with Gasteiger partial charge in [0.2, 0.25) is 5.91 Å². The van der Waals surface area contributed by atoms with Crippen LogP contribution in [0.4, 0.5) is 5.82 Å². The maximum Gasteiger partial charge on any atom is 0.224 e. The highest BCUT2D eigenvalue weighted by atomic mass is 16.2. The first-order chi connectivity index (χ1) is 12.1. The van der Waals surface area contributed by atoms with Gasteiger partial charge in [-0.25, -0.2) is 4.98 Å². The Bertz CT molecular complexity index is 552. The van der Waals surface area contributed by atoms with Gasteiger partial charge in [-0.15, -0.1) is 0 Å². The van der Waals surface area contributed by atoms with Gasteiger partial charge in [-0.2, -0.15) is 0 Å². The fourth-order valence-corrected chi connectivity index (χ4v) is 2.74. The number of guanidine groups is 1. The second kappa shape index (κ2) is 9.86. The predicted molar refractivity (Wildman–Crippen MR) is 102 cm³/mol. The first-order valence-electron chi connectivity index (χ1n) is 9.08. The van der Waals surface area contributed by atoms with Crippen molar-refractivity contribution in [2.75, 3.05) is 44.2 Å². The third-order valence-electron chi connectivity index (χ3n) is 3.97. The molecule has 1 fully saturated rings. The number of anilines is 1. The Morgan fingerprint density at radius 1 is 1.28 bits per heavy atom. The zero-order valence-electron chi connectivity index (χ0n) is 15.5. The van der Waals surface area contributed by atoms with Gasteiger partial charge in [0.1, 0.15) is 5.82 Å². The number of pyridine rings is 1. The molecule has 138 valence electrons. The lowest BCUT2D eigenvalue weighted by Gasteiger charge is -2.35. The van der Waals surface area contributed by atoms with Crippen LogP contribution in [0.1, 0.15) is 27.2 Å². The second-order valence-corrected chi connectivity index (χ2v) is 6.37. The van der Waals surface area contributed by atoms with E-state index in [2.05, 4.69) is 39.4 Å². The molecule has 0 spiro atoms. The van der Waals surface area contributed by atoms with Crippen LogP contribution in [0.3, 0.4) is 0 Å². The van der Waals surface area contributed by atoms with E-state index in [1.165, 1.54) is 0 Å². The Morgan fingerprint density at radius 2 is 2.04 bits per heavy atom. The van der Waals surface area contributed by atoms with Gasteiger partial charge in [0.15, 0.2) is 5.96 Å². The molecule has 0 atom stereocenters. The smallest absolute Gasteiger partial charge is 0.224 e. The Labute approximate surface area is 150 Å². The normalized spacial score (nSPS) is 15.4. The van der Waals surface area contributed by atoms with Crippen molar-refractivity contribution in [1.29, 1.82) is 0 Å². The molecule has 7 nitrogen and oxygen atoms in total. The Kier molecular flexibility index (Phi) is 7.50. The fourth-order valence-electron chi connectivity index (χ4n) is 2.74. The van der Waals surface area contributed by atoms with E-state index in [1.54, 1.807) is 6.20 Å². The summed E-state index contributed by atoms with van der Waals surface area (Å²) < 4.78 is 0. The molecule has 2 heterocycles. The molecule has 0 radical (unpaired) electrons. The largest absolute Gasteiger partial charge is 0.357 e. The Balaban J connectivity index is 1.76. The number of carbonyl (C=O) groups excluding carboxylic acids is 1. The van der Waals surface area contributed by atoms with Crippen LogP contribution in [-0.4, -0.2) is 67.1 Å². The number of rotatable bonds is 6. The fraction of sp³-hybridized carbons (Fsp3) is 0.611. The first kappa shape index (κ1) is 19.0. The molecule has 1 aromatic rings. The summed E-state index contributed by atoms with van der Waals surface area (Å²) in [6, 6.07) is 6.23. The first-order valence-corrected chi connectivity index (χ1v) is 9.08. The lowest BCUT2D eigenvalue weighted by molar-refractivity contribution is -0.131. The van der Waals surface area contributed by atoms with E-state index in [-0.39, 0.29) is 5.91 Å². The third-order valence-corrected chi connectivity index (χ3v) is 3.97. The number of aromatic nitrogens is 1. The molecule has 1 saturated heterocycles. The number of aliphatic imine (C=N–C) groups is 1. The second-order valence-electron chi connectivity index (χ2n) is 6.37. The molecule has 25 heavy (non-hydrogen) atoms. The molecule has 1 amide bonds. The molecule has 0 aliphatic carbocycles. The summed E-state index contributed by atoms with van der Waals surface area (Å²) in [6.07, 6.45) is 2.25. The van der Waals surface area contributed by atoms with Crippen molar-refractivity contribution in [3.63, 3.8) is 0 Å². The summed E-state index contributed by atoms with van der Waals surface area (Å²) >= 11 is 0. The van der Waals surface area contributed by atoms with Gasteiger partial charge in [-0.1, -0.05) is 6.07 Å². The number of piperazine rings is 1. The van der Waals surface area contributed by atoms with Crippen molar-refractivity contribution < 1.29 is 4.79 Å². The minimum absolute atomic E-state index is 0.171. The number of nitrogens with one attached hydrogen (secondary N) is 2. The Morgan fingerprint density at radius 3 is 2.64 bits per heavy atom. The van der Waals surface area contributed by atoms with Crippen LogP contribution < -0.4 is 15.5 Å². The summed E-state index contributed by atoms with van der Waals surface area (Å²) in [5.41, 5.74) is 0. The van der Waals surface area contributed by atoms with E-state index >= 15 is 0 Å². The molecule has 0 unspecified atom stereocenters. The standard InChI is InChI=1S/C18H30N6O/c1-4-19-18(22-15(2)3)21-10-8-17(25)24-13-11-23(12-14-24)16-7-5-6-9-20-16/h5-7,9,15H,4,8,10-14H2,1-3H3,(H2,19,21,22). The molecule has 0 saturated carbocycles. The minimum Gasteiger partial charge on any atom is -0.357 e. The topological polar surface area (TPSA) is 72.9 Å². The van der Waals surface area contributed by atoms with Crippen LogP contribution in [0.25, 0.3) is 0 Å². The molecular weight excluding hydrogens is 316 g/mol. The molecule has 1 aliphatic heterocycles. The van der Waals surface area contributed by atoms with Crippen molar-refractivity contribution >= 4 is 17.7 Å². The van der Waals surface area contributed by atoms with Crippen molar-refractivity contribution in [3.8, 4) is 0 Å². The number of hydrogen-bond donors (Lipinski definition) is 2. The number of hydrogen-bond acceptors (Lipinski definition) is 4. The van der Waals surface area contributed by atoms with Crippen molar-refractivity contribution in [3.05, 3.63) is 24.4 Å². The van der Waals surface area contributed by atoms with Gasteiger partial charge in [0.25, 0.3) is 0 Å². The van der Waals surface area contributed by atoms with Gasteiger partial charge in [-0.05, 0) is 32.9 Å². The van der Waals surface area contributed by atoms with E-state index in [4.69, 9.17) is 0 Å². The van der Waals surface area contributed by atoms with E-state index in [9.17, 15) is 4.79 Å². The lowest BCUT2D eigenvalue weighted by Crippen LogP contribution is -2.49. The number of carbonyl (C=O) groups is 1. The van der Waals surface area contributed by atoms with Gasteiger partial charge >= 0.3 is 0 Å². The molecule has 2 rings (SSSR count). The molecule has 1 aromatic heterocycles. The van der Waals surface area contributed by atoms with E-state index in [0.717, 1.165) is 44.5 Å². The van der Waals surface area contributed by atoms with Crippen molar-refractivity contribution in [2.45, 2.75) is 33.2 Å². The van der Waals surface area contributed by atoms with E-state index in [0.29, 0.717) is 19.0 Å². The van der Waals surface area contributed by atoms with Crippen LogP contribution in [-0.2, 0) is 4.79 Å². The number of amides is 1. The van der Waals surface area contributed by atoms with Crippen LogP contribution >= 0.6 is 0 Å². The van der Waals surface area contributed by atoms with Crippen LogP contribution in [0, 0.1) is 0 Å². The average molecular weight is 346 g/mol. The van der Waals surface area contributed by atoms with Crippen molar-refractivity contribution in [2.24, 2.45) is 4.99 Å². The highest BCUT2D eigenvalue weighted by Gasteiger charge is 2.21. The summed E-state index contributed by atoms with van der Waals surface area (Å²) in [4.78, 5) is 25.4. The molecule has 0 aromatic carbocycles. The number of nitrogens with zero attached hydrogens (tertiary/aromatic N) is 4. The zero-order chi connectivity index (χ0) is 18.1. The van der Waals surface area contributed by atoms with Crippen LogP contribution in [0.15, 0.2) is 29.4 Å². The van der Waals surface area contributed by atoms with Gasteiger partial charge in [0.05, 0.1) is 6.54 Å². The highest BCUT2D eigenvalue weighted by Crippen LogP contribution is 2.12. The summed E-state index contributed by atoms with van der Waals surface area (Å²) in [5.74, 6) is 1.92. The maximum atomic E-state index is 12.4. The van der Waals surface area contributed by atoms with Crippen LogP contribution in [0.2, 0.25) is 0 Å². The molecule has 7 heteroatoms. The highest BCUT2D eigenvalue weighted by molar-refractivity contribution is 5.81. The van der Waals surface area contributed by atoms with Crippen molar-refractivity contribution in [1.82, 2.24) is 20.5 Å². The molecule has 0 bridgehead atoms. The predicted octanol–water partition coefficient (Wildman–Crippen LogP) is 1.08. The van der Waals surface area contributed by atoms with E-state index in [1.807, 2.05) is 30.0 Å². The lowest BCUT2D eigenvalue weighted by atomic mass is 10.2. The Hall–Kier alpha value is -2.31. The van der Waals surface area contributed by atoms with Crippen LogP contribution in [0.5, 0.6) is 0 Å². The quantitative estimate of drug-likeness (QED) is 0.596. The SMILES string of the molecule is CCNC(=NCCC(=O)N1CCN(c2ccccn2)CC1)NC(C)C. The minimum atomic E-state index is 0.171. The summed E-state index contributed by atoms with van der Waals surface area (Å²) in [7, 11) is 0. The third kappa shape index (κ3) is 6.25. The average Bonchev–Trinajstić information content (AvgIpc) is 2.62. The maximum absolute atomic E-state index is 12.4. The summed E-state index contributed by atoms with van der Waals surface area (Å²) in [5, 5.41) is 6.45. The van der Waals surface area contributed by atoms with Gasteiger partial charge < -0.3 is 20.4 Å². The molecule has 2 N–H and O–H groups in total. The van der Waals surface area contributed by atoms with E-state index < -0.39 is 0 Å². The van der Waals surface area contributed by atoms with Gasteiger partial charge in [0, 0.05) is 51.4 Å². The molecule has 1 aliphatic rings. The molecular formula is C18H30N6O.